The molecule has 2 aromatic rings. The molecule has 27 heavy (non-hydrogen) atoms. The molecule has 5 nitrogen and oxygen atoms in total. The molecular weight excluding hydrogens is 340 g/mol. The molecule has 0 radical (unpaired) electrons. The second-order valence-electron chi connectivity index (χ2n) is 7.13. The second-order valence-corrected chi connectivity index (χ2v) is 7.13. The quantitative estimate of drug-likeness (QED) is 0.837. The highest BCUT2D eigenvalue weighted by Gasteiger charge is 2.40. The molecule has 2 aliphatic heterocycles. The van der Waals surface area contributed by atoms with Crippen molar-refractivity contribution >= 4 is 17.5 Å². The van der Waals surface area contributed by atoms with Crippen molar-refractivity contribution in [3.8, 4) is 5.75 Å². The van der Waals surface area contributed by atoms with Gasteiger partial charge in [0.25, 0.3) is 0 Å². The van der Waals surface area contributed by atoms with E-state index in [1.54, 1.807) is 4.90 Å². The lowest BCUT2D eigenvalue weighted by Crippen LogP contribution is -2.52. The monoisotopic (exact) mass is 364 g/mol. The van der Waals surface area contributed by atoms with Gasteiger partial charge >= 0.3 is 0 Å². The third-order valence-electron chi connectivity index (χ3n) is 5.27. The van der Waals surface area contributed by atoms with Gasteiger partial charge in [-0.15, -0.1) is 0 Å². The van der Waals surface area contributed by atoms with Crippen LogP contribution in [-0.2, 0) is 9.59 Å². The molecule has 5 heteroatoms. The number of piperidine rings is 1. The van der Waals surface area contributed by atoms with Crippen molar-refractivity contribution in [1.29, 1.82) is 0 Å². The number of hydrogen-bond donors (Lipinski definition) is 0. The molecule has 140 valence electrons. The lowest BCUT2D eigenvalue weighted by molar-refractivity contribution is -0.135. The van der Waals surface area contributed by atoms with E-state index in [9.17, 15) is 9.59 Å². The normalized spacial score (nSPS) is 22.7. The summed E-state index contributed by atoms with van der Waals surface area (Å²) in [5.41, 5.74) is 0.799. The predicted molar refractivity (Wildman–Crippen MR) is 104 cm³/mol. The van der Waals surface area contributed by atoms with Crippen molar-refractivity contribution in [2.45, 2.75) is 37.8 Å². The summed E-state index contributed by atoms with van der Waals surface area (Å²) in [6.07, 6.45) is 2.84. The number of nitrogens with zero attached hydrogens (tertiary/aromatic N) is 2. The highest BCUT2D eigenvalue weighted by Crippen LogP contribution is 2.29. The summed E-state index contributed by atoms with van der Waals surface area (Å²) in [6, 6.07) is 18.8. The minimum Gasteiger partial charge on any atom is -0.489 e. The molecule has 2 atom stereocenters. The van der Waals surface area contributed by atoms with Crippen LogP contribution < -0.4 is 9.64 Å². The van der Waals surface area contributed by atoms with Crippen LogP contribution >= 0.6 is 0 Å². The highest BCUT2D eigenvalue weighted by molar-refractivity contribution is 6.03. The van der Waals surface area contributed by atoms with Crippen LogP contribution in [0, 0.1) is 0 Å². The van der Waals surface area contributed by atoms with Crippen LogP contribution in [0.5, 0.6) is 5.75 Å². The molecule has 2 saturated heterocycles. The second kappa shape index (κ2) is 7.82. The third kappa shape index (κ3) is 3.82. The lowest BCUT2D eigenvalue weighted by atomic mass is 10.1. The molecule has 2 heterocycles. The maximum absolute atomic E-state index is 13.2. The van der Waals surface area contributed by atoms with Gasteiger partial charge in [0.2, 0.25) is 11.8 Å². The molecule has 2 unspecified atom stereocenters. The number of carbonyl (C=O) groups excluding carboxylic acids is 2. The van der Waals surface area contributed by atoms with E-state index in [1.807, 2.05) is 65.6 Å². The van der Waals surface area contributed by atoms with Gasteiger partial charge in [0.05, 0.1) is 6.54 Å². The minimum atomic E-state index is -0.407. The summed E-state index contributed by atoms with van der Waals surface area (Å²) in [7, 11) is 0. The zero-order chi connectivity index (χ0) is 18.6. The van der Waals surface area contributed by atoms with Crippen molar-refractivity contribution in [2.24, 2.45) is 0 Å². The van der Waals surface area contributed by atoms with E-state index in [2.05, 4.69) is 0 Å². The largest absolute Gasteiger partial charge is 0.489 e. The Hall–Kier alpha value is -2.82. The van der Waals surface area contributed by atoms with Gasteiger partial charge in [-0.2, -0.15) is 0 Å². The van der Waals surface area contributed by atoms with Crippen molar-refractivity contribution in [1.82, 2.24) is 4.90 Å². The summed E-state index contributed by atoms with van der Waals surface area (Å²) in [6.45, 7) is 1.29. The van der Waals surface area contributed by atoms with E-state index in [4.69, 9.17) is 4.74 Å². The van der Waals surface area contributed by atoms with Gasteiger partial charge in [-0.3, -0.25) is 14.5 Å². The van der Waals surface area contributed by atoms with Crippen LogP contribution in [0.2, 0.25) is 0 Å². The van der Waals surface area contributed by atoms with E-state index in [0.29, 0.717) is 19.4 Å². The number of amides is 2. The molecule has 0 aliphatic carbocycles. The van der Waals surface area contributed by atoms with Gasteiger partial charge < -0.3 is 9.64 Å². The number of para-hydroxylation sites is 2. The first-order valence-corrected chi connectivity index (χ1v) is 9.60. The lowest BCUT2D eigenvalue weighted by Gasteiger charge is -2.36. The van der Waals surface area contributed by atoms with Crippen LogP contribution in [-0.4, -0.2) is 41.9 Å². The van der Waals surface area contributed by atoms with Gasteiger partial charge in [0.15, 0.2) is 0 Å². The van der Waals surface area contributed by atoms with Gasteiger partial charge in [-0.25, -0.2) is 0 Å². The molecular formula is C22H24N2O3. The minimum absolute atomic E-state index is 0.00706. The average Bonchev–Trinajstić information content (AvgIpc) is 3.10. The van der Waals surface area contributed by atoms with Gasteiger partial charge in [-0.1, -0.05) is 36.4 Å². The fourth-order valence-electron chi connectivity index (χ4n) is 3.97. The summed E-state index contributed by atoms with van der Waals surface area (Å²) < 4.78 is 6.06. The maximum atomic E-state index is 13.2. The van der Waals surface area contributed by atoms with Crippen molar-refractivity contribution in [2.75, 3.05) is 18.0 Å². The number of hydrogen-bond acceptors (Lipinski definition) is 3. The van der Waals surface area contributed by atoms with Crippen LogP contribution in [0.1, 0.15) is 25.7 Å². The van der Waals surface area contributed by atoms with Crippen molar-refractivity contribution < 1.29 is 14.3 Å². The first-order valence-electron chi connectivity index (χ1n) is 9.60. The highest BCUT2D eigenvalue weighted by atomic mass is 16.5. The number of likely N-dealkylation sites (tertiary alicyclic amines) is 1. The standard InChI is InChI=1S/C22H24N2O3/c25-21-14-13-20(24(21)17-8-3-1-4-9-17)22(26)23-15-7-12-19(16-23)27-18-10-5-2-6-11-18/h1-6,8-11,19-20H,7,12-16H2. The predicted octanol–water partition coefficient (Wildman–Crippen LogP) is 3.25. The first-order chi connectivity index (χ1) is 13.2. The average molecular weight is 364 g/mol. The fourth-order valence-corrected chi connectivity index (χ4v) is 3.97. The zero-order valence-corrected chi connectivity index (χ0v) is 15.3. The Morgan fingerprint density at radius 1 is 0.963 bits per heavy atom. The Labute approximate surface area is 159 Å². The van der Waals surface area contributed by atoms with Crippen LogP contribution in [0.4, 0.5) is 5.69 Å². The fraction of sp³-hybridized carbons (Fsp3) is 0.364. The summed E-state index contributed by atoms with van der Waals surface area (Å²) in [5, 5.41) is 0. The smallest absolute Gasteiger partial charge is 0.245 e. The molecule has 4 rings (SSSR count). The van der Waals surface area contributed by atoms with E-state index in [0.717, 1.165) is 30.8 Å². The first kappa shape index (κ1) is 17.6. The Balaban J connectivity index is 1.46. The van der Waals surface area contributed by atoms with Crippen LogP contribution in [0.15, 0.2) is 60.7 Å². The number of carbonyl (C=O) groups is 2. The van der Waals surface area contributed by atoms with Crippen LogP contribution in [0.25, 0.3) is 0 Å². The van der Waals surface area contributed by atoms with E-state index in [-0.39, 0.29) is 17.9 Å². The van der Waals surface area contributed by atoms with Crippen molar-refractivity contribution in [3.63, 3.8) is 0 Å². The van der Waals surface area contributed by atoms with Crippen LogP contribution in [0.3, 0.4) is 0 Å². The Morgan fingerprint density at radius 3 is 2.41 bits per heavy atom. The van der Waals surface area contributed by atoms with Gasteiger partial charge in [-0.05, 0) is 43.5 Å². The number of benzene rings is 2. The molecule has 0 N–H and O–H groups in total. The SMILES string of the molecule is O=C(C1CCC(=O)N1c1ccccc1)N1CCCC(Oc2ccccc2)C1. The topological polar surface area (TPSA) is 49.9 Å². The van der Waals surface area contributed by atoms with E-state index < -0.39 is 6.04 Å². The summed E-state index contributed by atoms with van der Waals surface area (Å²) in [4.78, 5) is 29.2. The van der Waals surface area contributed by atoms with Gasteiger partial charge in [0.1, 0.15) is 17.9 Å². The van der Waals surface area contributed by atoms with E-state index >= 15 is 0 Å². The van der Waals surface area contributed by atoms with E-state index in [1.165, 1.54) is 0 Å². The molecule has 2 aliphatic rings. The Kier molecular flexibility index (Phi) is 5.10. The molecule has 0 spiro atoms. The number of rotatable bonds is 4. The van der Waals surface area contributed by atoms with Crippen molar-refractivity contribution in [3.05, 3.63) is 60.7 Å². The molecule has 0 saturated carbocycles. The zero-order valence-electron chi connectivity index (χ0n) is 15.3. The Morgan fingerprint density at radius 2 is 1.67 bits per heavy atom. The third-order valence-corrected chi connectivity index (χ3v) is 5.27. The molecule has 2 fully saturated rings. The molecule has 2 amide bonds. The molecule has 0 aromatic heterocycles. The number of anilines is 1. The van der Waals surface area contributed by atoms with Gasteiger partial charge in [0, 0.05) is 18.7 Å². The molecule has 2 aromatic carbocycles. The Bertz CT molecular complexity index is 794. The molecule has 0 bridgehead atoms. The number of ether oxygens (including phenoxy) is 1. The summed E-state index contributed by atoms with van der Waals surface area (Å²) >= 11 is 0. The summed E-state index contributed by atoms with van der Waals surface area (Å²) in [5.74, 6) is 0.887. The maximum Gasteiger partial charge on any atom is 0.245 e.